The van der Waals surface area contributed by atoms with E-state index in [0.717, 1.165) is 18.7 Å². The number of nitrogens with zero attached hydrogens (tertiary/aromatic N) is 3. The highest BCUT2D eigenvalue weighted by molar-refractivity contribution is 9.10. The van der Waals surface area contributed by atoms with Crippen LogP contribution in [-0.4, -0.2) is 75.4 Å². The predicted octanol–water partition coefficient (Wildman–Crippen LogP) is 5.05. The van der Waals surface area contributed by atoms with Crippen LogP contribution >= 0.6 is 31.9 Å². The Balaban J connectivity index is 2.05. The Hall–Kier alpha value is -4.66. The van der Waals surface area contributed by atoms with Crippen molar-refractivity contribution in [2.75, 3.05) is 34.5 Å². The summed E-state index contributed by atoms with van der Waals surface area (Å²) in [6, 6.07) is 15.2. The molecular formula is C36H33Br2N3O9. The van der Waals surface area contributed by atoms with Crippen LogP contribution in [0.4, 0.5) is 0 Å². The fourth-order valence-electron chi connectivity index (χ4n) is 7.88. The zero-order valence-corrected chi connectivity index (χ0v) is 30.9. The van der Waals surface area contributed by atoms with Crippen molar-refractivity contribution in [3.8, 4) is 12.1 Å². The van der Waals surface area contributed by atoms with Crippen LogP contribution in [0.5, 0.6) is 0 Å². The van der Waals surface area contributed by atoms with Crippen molar-refractivity contribution < 1.29 is 42.9 Å². The van der Waals surface area contributed by atoms with Gasteiger partial charge < -0.3 is 28.6 Å². The van der Waals surface area contributed by atoms with Crippen LogP contribution in [0, 0.1) is 39.4 Å². The molecule has 4 aliphatic rings. The van der Waals surface area contributed by atoms with Crippen LogP contribution in [0.2, 0.25) is 0 Å². The highest BCUT2D eigenvalue weighted by Crippen LogP contribution is 2.67. The van der Waals surface area contributed by atoms with E-state index in [0.29, 0.717) is 15.6 Å². The number of rotatable bonds is 9. The van der Waals surface area contributed by atoms with E-state index in [1.807, 2.05) is 0 Å². The van der Waals surface area contributed by atoms with Gasteiger partial charge in [0.1, 0.15) is 5.70 Å². The van der Waals surface area contributed by atoms with Crippen LogP contribution in [0.1, 0.15) is 36.8 Å². The highest BCUT2D eigenvalue weighted by atomic mass is 79.9. The van der Waals surface area contributed by atoms with Gasteiger partial charge in [0.25, 0.3) is 0 Å². The van der Waals surface area contributed by atoms with Crippen molar-refractivity contribution in [1.82, 2.24) is 4.90 Å². The number of nitriles is 2. The first-order valence-electron chi connectivity index (χ1n) is 15.6. The van der Waals surface area contributed by atoms with Crippen molar-refractivity contribution in [3.63, 3.8) is 0 Å². The summed E-state index contributed by atoms with van der Waals surface area (Å²) in [7, 11) is 3.61. The summed E-state index contributed by atoms with van der Waals surface area (Å²) in [5.41, 5.74) is -4.37. The summed E-state index contributed by atoms with van der Waals surface area (Å²) in [6.07, 6.45) is 1.50. The Labute approximate surface area is 305 Å². The average Bonchev–Trinajstić information content (AvgIpc) is 3.13. The number of benzene rings is 2. The molecule has 2 aromatic carbocycles. The Morgan fingerprint density at radius 1 is 0.780 bits per heavy atom. The summed E-state index contributed by atoms with van der Waals surface area (Å²) >= 11 is 6.86. The second kappa shape index (κ2) is 14.3. The van der Waals surface area contributed by atoms with Crippen LogP contribution < -0.4 is 0 Å². The van der Waals surface area contributed by atoms with E-state index in [-0.39, 0.29) is 30.2 Å². The van der Waals surface area contributed by atoms with Gasteiger partial charge >= 0.3 is 23.9 Å². The molecule has 3 aliphatic heterocycles. The lowest BCUT2D eigenvalue weighted by molar-refractivity contribution is -0.179. The minimum absolute atomic E-state index is 0.0826. The fraction of sp³-hybridized carbons (Fsp3) is 0.389. The highest BCUT2D eigenvalue weighted by Gasteiger charge is 2.76. The second-order valence-corrected chi connectivity index (χ2v) is 13.6. The summed E-state index contributed by atoms with van der Waals surface area (Å²) in [5.74, 6) is -7.44. The van der Waals surface area contributed by atoms with E-state index in [2.05, 4.69) is 44.0 Å². The quantitative estimate of drug-likeness (QED) is 0.245. The minimum atomic E-state index is -2.31. The van der Waals surface area contributed by atoms with Crippen LogP contribution in [-0.2, 0) is 42.9 Å². The number of halogens is 2. The third kappa shape index (κ3) is 5.28. The molecule has 2 bridgehead atoms. The molecule has 3 heterocycles. The van der Waals surface area contributed by atoms with Gasteiger partial charge in [-0.2, -0.15) is 10.5 Å². The number of hydrogen-bond donors (Lipinski definition) is 0. The topological polar surface area (TPSA) is 165 Å². The van der Waals surface area contributed by atoms with Gasteiger partial charge in [-0.15, -0.1) is 0 Å². The van der Waals surface area contributed by atoms with Crippen LogP contribution in [0.25, 0.3) is 0 Å². The SMILES string of the molecule is CCOC(=O)[C@@]1(C#N)[C@@H]2[C@@H]3C(OC)=C[C@H](N2C(C(=O)OC)=C(C(=O)OC)[C@H]1c1ccc(Br)cc1)[C@](C#N)(C(=O)OCC)[C@H]3c1ccc(Br)cc1. The van der Waals surface area contributed by atoms with E-state index in [1.165, 1.54) is 18.1 Å². The van der Waals surface area contributed by atoms with Gasteiger partial charge in [-0.05, 0) is 55.3 Å². The zero-order chi connectivity index (χ0) is 36.5. The largest absolute Gasteiger partial charge is 0.501 e. The molecule has 0 N–H and O–H groups in total. The van der Waals surface area contributed by atoms with Crippen molar-refractivity contribution in [2.45, 2.75) is 37.8 Å². The van der Waals surface area contributed by atoms with Gasteiger partial charge in [0.2, 0.25) is 0 Å². The molecule has 14 heteroatoms. The smallest absolute Gasteiger partial charge is 0.354 e. The minimum Gasteiger partial charge on any atom is -0.501 e. The first kappa shape index (κ1) is 36.6. The molecule has 12 nitrogen and oxygen atoms in total. The third-order valence-corrected chi connectivity index (χ3v) is 10.7. The normalized spacial score (nSPS) is 27.9. The molecule has 0 saturated carbocycles. The van der Waals surface area contributed by atoms with Crippen molar-refractivity contribution >= 4 is 55.7 Å². The Morgan fingerprint density at radius 3 is 1.74 bits per heavy atom. The molecule has 6 rings (SSSR count). The Kier molecular flexibility index (Phi) is 10.5. The maximum atomic E-state index is 14.7. The number of methoxy groups -OCH3 is 3. The molecule has 260 valence electrons. The van der Waals surface area contributed by atoms with Gasteiger partial charge in [0.05, 0.1) is 76.0 Å². The third-order valence-electron chi connectivity index (χ3n) is 9.68. The summed E-state index contributed by atoms with van der Waals surface area (Å²) in [5, 5.41) is 22.7. The summed E-state index contributed by atoms with van der Waals surface area (Å²) < 4.78 is 29.1. The first-order chi connectivity index (χ1) is 24.0. The predicted molar refractivity (Wildman–Crippen MR) is 182 cm³/mol. The number of esters is 4. The lowest BCUT2D eigenvalue weighted by Crippen LogP contribution is -2.75. The lowest BCUT2D eigenvalue weighted by atomic mass is 9.47. The molecule has 0 radical (unpaired) electrons. The monoisotopic (exact) mass is 809 g/mol. The van der Waals surface area contributed by atoms with Gasteiger partial charge in [0.15, 0.2) is 10.8 Å². The van der Waals surface area contributed by atoms with E-state index < -0.39 is 64.5 Å². The van der Waals surface area contributed by atoms with Crippen LogP contribution in [0.15, 0.2) is 80.6 Å². The van der Waals surface area contributed by atoms with E-state index >= 15 is 0 Å². The molecule has 1 aliphatic carbocycles. The average molecular weight is 811 g/mol. The van der Waals surface area contributed by atoms with Gasteiger partial charge in [-0.1, -0.05) is 56.1 Å². The van der Waals surface area contributed by atoms with Gasteiger partial charge in [-0.25, -0.2) is 9.59 Å². The van der Waals surface area contributed by atoms with Crippen molar-refractivity contribution in [3.05, 3.63) is 91.7 Å². The molecule has 1 fully saturated rings. The molecule has 50 heavy (non-hydrogen) atoms. The first-order valence-corrected chi connectivity index (χ1v) is 17.2. The van der Waals surface area contributed by atoms with Crippen LogP contribution in [0.3, 0.4) is 0 Å². The molecule has 1 saturated heterocycles. The van der Waals surface area contributed by atoms with Crippen molar-refractivity contribution in [2.24, 2.45) is 16.7 Å². The Morgan fingerprint density at radius 2 is 1.28 bits per heavy atom. The van der Waals surface area contributed by atoms with Crippen molar-refractivity contribution in [1.29, 1.82) is 10.5 Å². The zero-order valence-electron chi connectivity index (χ0n) is 27.8. The number of piperidine rings is 1. The molecule has 0 unspecified atom stereocenters. The maximum absolute atomic E-state index is 14.7. The van der Waals surface area contributed by atoms with E-state index in [4.69, 9.17) is 23.7 Å². The number of hydrogen-bond acceptors (Lipinski definition) is 12. The van der Waals surface area contributed by atoms with E-state index in [1.54, 1.807) is 62.4 Å². The lowest BCUT2D eigenvalue weighted by Gasteiger charge is -2.64. The maximum Gasteiger partial charge on any atom is 0.354 e. The molecule has 0 amide bonds. The summed E-state index contributed by atoms with van der Waals surface area (Å²) in [4.78, 5) is 58.5. The van der Waals surface area contributed by atoms with E-state index in [9.17, 15) is 29.7 Å². The number of carbonyl (C=O) groups excluding carboxylic acids is 4. The standard InChI is InChI=1S/C36H33Br2N3O9/c1-6-49-33(44)35(17-39)24-16-23(46-3)25(27(35)19-8-12-21(37)13-9-19)30-36(18-40,34(45)50-7-2)28(20-10-14-22(38)15-11-20)26(31(42)47-4)29(41(24)30)32(43)48-5/h8-16,24-25,27-28,30H,6-7H2,1-5H3/t24-,25+,27-,28+,30-,35-,36+/m0/s1. The number of fused-ring (bicyclic) bond motifs is 1. The van der Waals surface area contributed by atoms with Gasteiger partial charge in [0, 0.05) is 20.8 Å². The molecular weight excluding hydrogens is 778 g/mol. The summed E-state index contributed by atoms with van der Waals surface area (Å²) in [6.45, 7) is 2.96. The molecule has 2 aromatic rings. The molecule has 0 spiro atoms. The number of ether oxygens (including phenoxy) is 5. The Bertz CT molecular complexity index is 1860. The van der Waals surface area contributed by atoms with Gasteiger partial charge in [-0.3, -0.25) is 9.59 Å². The second-order valence-electron chi connectivity index (χ2n) is 11.8. The molecule has 7 atom stereocenters. The molecule has 0 aromatic heterocycles. The fourth-order valence-corrected chi connectivity index (χ4v) is 8.41. The number of carbonyl (C=O) groups is 4.